The van der Waals surface area contributed by atoms with Gasteiger partial charge in [-0.1, -0.05) is 43.2 Å². The minimum atomic E-state index is 0.686. The van der Waals surface area contributed by atoms with Crippen LogP contribution in [-0.4, -0.2) is 13.1 Å². The molecule has 0 aliphatic heterocycles. The summed E-state index contributed by atoms with van der Waals surface area (Å²) in [5, 5.41) is 3.45. The average molecular weight is 189 g/mol. The molecule has 0 spiro atoms. The fourth-order valence-corrected chi connectivity index (χ4v) is 2.58. The molecule has 1 heteroatoms. The monoisotopic (exact) mass is 189 g/mol. The third-order valence-electron chi connectivity index (χ3n) is 3.36. The second-order valence-corrected chi connectivity index (χ2v) is 4.20. The van der Waals surface area contributed by atoms with Crippen molar-refractivity contribution in [2.24, 2.45) is 0 Å². The van der Waals surface area contributed by atoms with Gasteiger partial charge >= 0.3 is 0 Å². The molecule has 2 rings (SSSR count). The van der Waals surface area contributed by atoms with E-state index in [9.17, 15) is 0 Å². The van der Waals surface area contributed by atoms with Gasteiger partial charge < -0.3 is 5.32 Å². The Kier molecular flexibility index (Phi) is 3.20. The second-order valence-electron chi connectivity index (χ2n) is 4.20. The van der Waals surface area contributed by atoms with Gasteiger partial charge in [0.05, 0.1) is 0 Å². The van der Waals surface area contributed by atoms with Crippen LogP contribution in [0, 0.1) is 0 Å². The van der Waals surface area contributed by atoms with Crippen LogP contribution in [-0.2, 0) is 0 Å². The maximum atomic E-state index is 3.45. The lowest BCUT2D eigenvalue weighted by atomic mass is 9.80. The van der Waals surface area contributed by atoms with Crippen LogP contribution in [0.3, 0.4) is 0 Å². The molecule has 2 atom stereocenters. The minimum absolute atomic E-state index is 0.686. The van der Waals surface area contributed by atoms with E-state index < -0.39 is 0 Å². The van der Waals surface area contributed by atoms with E-state index in [-0.39, 0.29) is 0 Å². The van der Waals surface area contributed by atoms with Gasteiger partial charge in [0.25, 0.3) is 0 Å². The predicted octanol–water partition coefficient (Wildman–Crippen LogP) is 2.93. The molecule has 1 saturated carbocycles. The maximum absolute atomic E-state index is 3.45. The highest BCUT2D eigenvalue weighted by molar-refractivity contribution is 5.21. The number of nitrogens with one attached hydrogen (secondary N) is 1. The molecular weight excluding hydrogens is 170 g/mol. The highest BCUT2D eigenvalue weighted by atomic mass is 14.9. The van der Waals surface area contributed by atoms with Crippen LogP contribution in [0.5, 0.6) is 0 Å². The molecule has 1 aromatic rings. The van der Waals surface area contributed by atoms with Gasteiger partial charge in [0.1, 0.15) is 0 Å². The molecule has 76 valence electrons. The van der Waals surface area contributed by atoms with Crippen molar-refractivity contribution in [1.82, 2.24) is 5.32 Å². The first-order valence-corrected chi connectivity index (χ1v) is 5.64. The van der Waals surface area contributed by atoms with Gasteiger partial charge in [-0.25, -0.2) is 0 Å². The molecule has 1 aliphatic rings. The summed E-state index contributed by atoms with van der Waals surface area (Å²) in [6, 6.07) is 11.6. The number of benzene rings is 1. The van der Waals surface area contributed by atoms with Crippen LogP contribution in [0.15, 0.2) is 30.3 Å². The Bertz CT molecular complexity index is 268. The molecule has 14 heavy (non-hydrogen) atoms. The summed E-state index contributed by atoms with van der Waals surface area (Å²) in [5.41, 5.74) is 1.51. The van der Waals surface area contributed by atoms with Crippen LogP contribution in [0.2, 0.25) is 0 Å². The molecule has 0 heterocycles. The van der Waals surface area contributed by atoms with E-state index in [1.165, 1.54) is 31.2 Å². The smallest absolute Gasteiger partial charge is 0.0133 e. The summed E-state index contributed by atoms with van der Waals surface area (Å²) >= 11 is 0. The van der Waals surface area contributed by atoms with Gasteiger partial charge in [0.15, 0.2) is 0 Å². The van der Waals surface area contributed by atoms with Gasteiger partial charge in [-0.3, -0.25) is 0 Å². The van der Waals surface area contributed by atoms with Crippen LogP contribution in [0.4, 0.5) is 0 Å². The summed E-state index contributed by atoms with van der Waals surface area (Å²) < 4.78 is 0. The molecule has 0 amide bonds. The number of hydrogen-bond acceptors (Lipinski definition) is 1. The lowest BCUT2D eigenvalue weighted by Gasteiger charge is -2.31. The highest BCUT2D eigenvalue weighted by Crippen LogP contribution is 2.32. The fourth-order valence-electron chi connectivity index (χ4n) is 2.58. The van der Waals surface area contributed by atoms with E-state index in [0.29, 0.717) is 6.04 Å². The zero-order valence-electron chi connectivity index (χ0n) is 8.87. The molecule has 1 fully saturated rings. The topological polar surface area (TPSA) is 12.0 Å². The largest absolute Gasteiger partial charge is 0.316 e. The maximum Gasteiger partial charge on any atom is 0.0133 e. The molecule has 0 aromatic heterocycles. The van der Waals surface area contributed by atoms with Gasteiger partial charge in [-0.15, -0.1) is 0 Å². The summed E-state index contributed by atoms with van der Waals surface area (Å²) in [6.45, 7) is 0. The Morgan fingerprint density at radius 1 is 1.07 bits per heavy atom. The van der Waals surface area contributed by atoms with Gasteiger partial charge in [0, 0.05) is 6.04 Å². The van der Waals surface area contributed by atoms with Crippen molar-refractivity contribution in [1.29, 1.82) is 0 Å². The lowest BCUT2D eigenvalue weighted by molar-refractivity contribution is 0.344. The van der Waals surface area contributed by atoms with Gasteiger partial charge in [0.2, 0.25) is 0 Å². The first-order valence-electron chi connectivity index (χ1n) is 5.64. The fraction of sp³-hybridized carbons (Fsp3) is 0.538. The van der Waals surface area contributed by atoms with E-state index in [0.717, 1.165) is 5.92 Å². The summed E-state index contributed by atoms with van der Waals surface area (Å²) in [7, 11) is 2.09. The molecule has 1 N–H and O–H groups in total. The predicted molar refractivity (Wildman–Crippen MR) is 60.5 cm³/mol. The molecule has 1 aliphatic carbocycles. The highest BCUT2D eigenvalue weighted by Gasteiger charge is 2.24. The van der Waals surface area contributed by atoms with Crippen molar-refractivity contribution in [2.75, 3.05) is 7.05 Å². The number of rotatable bonds is 2. The average Bonchev–Trinajstić information content (AvgIpc) is 2.30. The van der Waals surface area contributed by atoms with Crippen molar-refractivity contribution in [3.8, 4) is 0 Å². The van der Waals surface area contributed by atoms with Crippen LogP contribution < -0.4 is 5.32 Å². The Labute approximate surface area is 86.5 Å². The summed E-state index contributed by atoms with van der Waals surface area (Å²) in [6.07, 6.45) is 5.44. The summed E-state index contributed by atoms with van der Waals surface area (Å²) in [4.78, 5) is 0. The summed E-state index contributed by atoms with van der Waals surface area (Å²) in [5.74, 6) is 0.731. The van der Waals surface area contributed by atoms with E-state index in [1.807, 2.05) is 0 Å². The van der Waals surface area contributed by atoms with Crippen LogP contribution in [0.25, 0.3) is 0 Å². The van der Waals surface area contributed by atoms with Gasteiger partial charge in [-0.2, -0.15) is 0 Å². The quantitative estimate of drug-likeness (QED) is 0.754. The Morgan fingerprint density at radius 2 is 1.79 bits per heavy atom. The number of hydrogen-bond donors (Lipinski definition) is 1. The molecule has 0 radical (unpaired) electrons. The minimum Gasteiger partial charge on any atom is -0.316 e. The van der Waals surface area contributed by atoms with Crippen LogP contribution >= 0.6 is 0 Å². The lowest BCUT2D eigenvalue weighted by Crippen LogP contribution is -2.34. The van der Waals surface area contributed by atoms with E-state index in [1.54, 1.807) is 0 Å². The van der Waals surface area contributed by atoms with Crippen LogP contribution in [0.1, 0.15) is 37.2 Å². The van der Waals surface area contributed by atoms with E-state index >= 15 is 0 Å². The van der Waals surface area contributed by atoms with Crippen molar-refractivity contribution in [2.45, 2.75) is 37.6 Å². The van der Waals surface area contributed by atoms with E-state index in [4.69, 9.17) is 0 Å². The molecule has 1 nitrogen and oxygen atoms in total. The molecular formula is C13H19N. The number of likely N-dealkylation sites (N-methyl/N-ethyl adjacent to an activating group) is 1. The Balaban J connectivity index is 2.15. The third-order valence-corrected chi connectivity index (χ3v) is 3.36. The zero-order chi connectivity index (χ0) is 9.80. The Hall–Kier alpha value is -0.820. The first-order chi connectivity index (χ1) is 6.92. The van der Waals surface area contributed by atoms with Crippen molar-refractivity contribution >= 4 is 0 Å². The van der Waals surface area contributed by atoms with Crippen molar-refractivity contribution in [3.63, 3.8) is 0 Å². The first kappa shape index (κ1) is 9.72. The van der Waals surface area contributed by atoms with E-state index in [2.05, 4.69) is 42.7 Å². The van der Waals surface area contributed by atoms with Crippen molar-refractivity contribution in [3.05, 3.63) is 35.9 Å². The standard InChI is InChI=1S/C13H19N/c1-14-13-10-6-5-9-12(13)11-7-3-2-4-8-11/h2-4,7-8,12-14H,5-6,9-10H2,1H3. The molecule has 0 bridgehead atoms. The van der Waals surface area contributed by atoms with Crippen molar-refractivity contribution < 1.29 is 0 Å². The molecule has 1 aromatic carbocycles. The van der Waals surface area contributed by atoms with Gasteiger partial charge in [-0.05, 0) is 31.4 Å². The zero-order valence-corrected chi connectivity index (χ0v) is 8.87. The Morgan fingerprint density at radius 3 is 2.50 bits per heavy atom. The molecule has 0 saturated heterocycles. The SMILES string of the molecule is CNC1CCCCC1c1ccccc1. The third kappa shape index (κ3) is 1.98. The molecule has 2 unspecified atom stereocenters. The second kappa shape index (κ2) is 4.61. The normalized spacial score (nSPS) is 27.5.